The van der Waals surface area contributed by atoms with Gasteiger partial charge < -0.3 is 14.7 Å². The van der Waals surface area contributed by atoms with Crippen LogP contribution in [0.2, 0.25) is 0 Å². The highest BCUT2D eigenvalue weighted by Crippen LogP contribution is 2.48. The average Bonchev–Trinajstić information content (AvgIpc) is 3.08. The van der Waals surface area contributed by atoms with Crippen LogP contribution in [0.5, 0.6) is 5.88 Å². The van der Waals surface area contributed by atoms with Crippen molar-refractivity contribution < 1.29 is 9.84 Å². The van der Waals surface area contributed by atoms with Crippen LogP contribution in [-0.4, -0.2) is 59.7 Å². The third-order valence-corrected chi connectivity index (χ3v) is 9.65. The Morgan fingerprint density at radius 1 is 0.800 bits per heavy atom. The Labute approximate surface area is 275 Å². The van der Waals surface area contributed by atoms with Crippen molar-refractivity contribution in [3.05, 3.63) is 142 Å². The molecule has 0 amide bonds. The summed E-state index contributed by atoms with van der Waals surface area (Å²) in [5.41, 5.74) is 3.89. The molecule has 45 heavy (non-hydrogen) atoms. The fourth-order valence-electron chi connectivity index (χ4n) is 6.80. The highest BCUT2D eigenvalue weighted by atomic mass is 79.9. The van der Waals surface area contributed by atoms with Crippen LogP contribution in [0.3, 0.4) is 0 Å². The van der Waals surface area contributed by atoms with Crippen molar-refractivity contribution in [2.75, 3.05) is 39.8 Å². The molecule has 1 saturated heterocycles. The van der Waals surface area contributed by atoms with Crippen LogP contribution in [0.1, 0.15) is 47.4 Å². The molecule has 2 unspecified atom stereocenters. The second-order valence-corrected chi connectivity index (χ2v) is 13.0. The van der Waals surface area contributed by atoms with Gasteiger partial charge in [0.2, 0.25) is 5.88 Å². The molecule has 4 aromatic carbocycles. The predicted octanol–water partition coefficient (Wildman–Crippen LogP) is 8.01. The Balaban J connectivity index is 1.24. The Kier molecular flexibility index (Phi) is 10.3. The Morgan fingerprint density at radius 3 is 2.13 bits per heavy atom. The lowest BCUT2D eigenvalue weighted by Gasteiger charge is -2.39. The number of ether oxygens (including phenoxy) is 1. The molecule has 6 heteroatoms. The number of halogens is 1. The largest absolute Gasteiger partial charge is 0.481 e. The van der Waals surface area contributed by atoms with Gasteiger partial charge in [0, 0.05) is 54.1 Å². The summed E-state index contributed by atoms with van der Waals surface area (Å²) in [4.78, 5) is 10.0. The monoisotopic (exact) mass is 663 g/mol. The van der Waals surface area contributed by atoms with Gasteiger partial charge in [-0.2, -0.15) is 0 Å². The van der Waals surface area contributed by atoms with Gasteiger partial charge in [0.25, 0.3) is 0 Å². The van der Waals surface area contributed by atoms with Crippen LogP contribution in [0, 0.1) is 0 Å². The Bertz CT molecular complexity index is 1660. The molecule has 0 saturated carbocycles. The van der Waals surface area contributed by atoms with E-state index < -0.39 is 5.60 Å². The third kappa shape index (κ3) is 7.47. The van der Waals surface area contributed by atoms with Crippen molar-refractivity contribution >= 4 is 26.8 Å². The summed E-state index contributed by atoms with van der Waals surface area (Å²) in [5, 5.41) is 14.0. The molecular formula is C39H42BrN3O2. The molecule has 0 spiro atoms. The van der Waals surface area contributed by atoms with Crippen molar-refractivity contribution in [1.82, 2.24) is 14.8 Å². The summed E-state index contributed by atoms with van der Waals surface area (Å²) in [6, 6.07) is 39.4. The number of unbranched alkanes of at least 4 members (excludes halogenated alkanes) is 1. The van der Waals surface area contributed by atoms with Crippen LogP contribution < -0.4 is 4.74 Å². The predicted molar refractivity (Wildman–Crippen MR) is 187 cm³/mol. The zero-order valence-electron chi connectivity index (χ0n) is 26.0. The van der Waals surface area contributed by atoms with Crippen molar-refractivity contribution in [2.24, 2.45) is 0 Å². The van der Waals surface area contributed by atoms with Crippen molar-refractivity contribution in [2.45, 2.75) is 37.3 Å². The summed E-state index contributed by atoms with van der Waals surface area (Å²) in [7, 11) is 1.67. The van der Waals surface area contributed by atoms with E-state index >= 15 is 0 Å². The Morgan fingerprint density at radius 2 is 1.44 bits per heavy atom. The minimum Gasteiger partial charge on any atom is -0.481 e. The van der Waals surface area contributed by atoms with Gasteiger partial charge in [-0.15, -0.1) is 0 Å². The summed E-state index contributed by atoms with van der Waals surface area (Å²) >= 11 is 3.63. The first kappa shape index (κ1) is 31.4. The normalized spacial score (nSPS) is 16.3. The number of hydrogen-bond acceptors (Lipinski definition) is 5. The van der Waals surface area contributed by atoms with Gasteiger partial charge in [-0.05, 0) is 66.8 Å². The van der Waals surface area contributed by atoms with Gasteiger partial charge in [0.15, 0.2) is 0 Å². The van der Waals surface area contributed by atoms with E-state index in [4.69, 9.17) is 9.72 Å². The van der Waals surface area contributed by atoms with Crippen LogP contribution >= 0.6 is 15.9 Å². The second kappa shape index (κ2) is 14.7. The topological polar surface area (TPSA) is 48.8 Å². The molecule has 1 aliphatic rings. The van der Waals surface area contributed by atoms with Crippen LogP contribution in [-0.2, 0) is 12.1 Å². The fourth-order valence-corrected chi connectivity index (χ4v) is 7.18. The number of nitrogens with zero attached hydrogens (tertiary/aromatic N) is 3. The number of aliphatic hydroxyl groups is 1. The summed E-state index contributed by atoms with van der Waals surface area (Å²) in [6.07, 6.45) is 2.54. The van der Waals surface area contributed by atoms with E-state index in [1.54, 1.807) is 7.11 Å². The first-order valence-electron chi connectivity index (χ1n) is 16.0. The number of methoxy groups -OCH3 is 1. The SMILES string of the molecule is COc1nc2ccc(Br)cc2cc1C(c1ccccc1)C(O)(CCCCN1CCN(Cc2ccccc2)CC1)c1ccccc1. The van der Waals surface area contributed by atoms with Gasteiger partial charge in [-0.25, -0.2) is 4.98 Å². The molecular weight excluding hydrogens is 622 g/mol. The van der Waals surface area contributed by atoms with E-state index in [1.165, 1.54) is 5.56 Å². The summed E-state index contributed by atoms with van der Waals surface area (Å²) in [6.45, 7) is 6.39. The standard InChI is InChI=1S/C39H42BrN3O2/c1-45-38-35(28-32-27-34(40)19-20-36(32)41-38)37(31-15-7-3-8-16-31)39(44,33-17-9-4-10-18-33)21-11-12-22-42-23-25-43(26-24-42)29-30-13-5-2-6-14-30/h2-10,13-20,27-28,37,44H,11-12,21-26,29H2,1H3. The molecule has 2 heterocycles. The molecule has 5 nitrogen and oxygen atoms in total. The van der Waals surface area contributed by atoms with E-state index in [1.807, 2.05) is 48.5 Å². The zero-order chi connectivity index (χ0) is 31.1. The molecule has 1 aliphatic heterocycles. The highest BCUT2D eigenvalue weighted by molar-refractivity contribution is 9.10. The third-order valence-electron chi connectivity index (χ3n) is 9.15. The van der Waals surface area contributed by atoms with Gasteiger partial charge in [0.1, 0.15) is 5.60 Å². The van der Waals surface area contributed by atoms with Gasteiger partial charge in [-0.3, -0.25) is 4.90 Å². The van der Waals surface area contributed by atoms with Gasteiger partial charge in [-0.1, -0.05) is 107 Å². The van der Waals surface area contributed by atoms with Crippen molar-refractivity contribution in [3.8, 4) is 5.88 Å². The minimum atomic E-state index is -1.17. The second-order valence-electron chi connectivity index (χ2n) is 12.1. The number of rotatable bonds is 12. The molecule has 1 aromatic heterocycles. The molecule has 2 atom stereocenters. The van der Waals surface area contributed by atoms with Crippen LogP contribution in [0.25, 0.3) is 10.9 Å². The molecule has 0 bridgehead atoms. The number of hydrogen-bond donors (Lipinski definition) is 1. The minimum absolute atomic E-state index is 0.381. The van der Waals surface area contributed by atoms with E-state index in [0.717, 1.165) is 84.2 Å². The maximum atomic E-state index is 13.0. The number of benzene rings is 4. The number of fused-ring (bicyclic) bond motifs is 1. The van der Waals surface area contributed by atoms with E-state index in [2.05, 4.69) is 92.5 Å². The Hall–Kier alpha value is -3.55. The lowest BCUT2D eigenvalue weighted by atomic mass is 9.71. The average molecular weight is 665 g/mol. The lowest BCUT2D eigenvalue weighted by molar-refractivity contribution is 0.00618. The lowest BCUT2D eigenvalue weighted by Crippen LogP contribution is -2.46. The van der Waals surface area contributed by atoms with Crippen LogP contribution in [0.15, 0.2) is 120 Å². The molecule has 5 aromatic rings. The number of pyridine rings is 1. The molecule has 0 radical (unpaired) electrons. The summed E-state index contributed by atoms with van der Waals surface area (Å²) in [5.74, 6) is 0.162. The molecule has 1 N–H and O–H groups in total. The molecule has 1 fully saturated rings. The van der Waals surface area contributed by atoms with E-state index in [-0.39, 0.29) is 5.92 Å². The maximum absolute atomic E-state index is 13.0. The first-order chi connectivity index (χ1) is 22.0. The first-order valence-corrected chi connectivity index (χ1v) is 16.8. The molecule has 232 valence electrons. The maximum Gasteiger partial charge on any atom is 0.217 e. The summed E-state index contributed by atoms with van der Waals surface area (Å²) < 4.78 is 6.91. The fraction of sp³-hybridized carbons (Fsp3) is 0.308. The van der Waals surface area contributed by atoms with E-state index in [9.17, 15) is 5.11 Å². The number of piperazine rings is 1. The van der Waals surface area contributed by atoms with Crippen molar-refractivity contribution in [3.63, 3.8) is 0 Å². The zero-order valence-corrected chi connectivity index (χ0v) is 27.6. The quantitative estimate of drug-likeness (QED) is 0.137. The van der Waals surface area contributed by atoms with E-state index in [0.29, 0.717) is 12.3 Å². The van der Waals surface area contributed by atoms with Crippen LogP contribution in [0.4, 0.5) is 0 Å². The van der Waals surface area contributed by atoms with Gasteiger partial charge in [0.05, 0.1) is 12.6 Å². The number of aromatic nitrogens is 1. The van der Waals surface area contributed by atoms with Crippen molar-refractivity contribution in [1.29, 1.82) is 0 Å². The van der Waals surface area contributed by atoms with Gasteiger partial charge >= 0.3 is 0 Å². The molecule has 0 aliphatic carbocycles. The highest BCUT2D eigenvalue weighted by Gasteiger charge is 2.42. The smallest absolute Gasteiger partial charge is 0.217 e. The molecule has 6 rings (SSSR count).